The summed E-state index contributed by atoms with van der Waals surface area (Å²) in [6, 6.07) is 29.7. The second-order valence-corrected chi connectivity index (χ2v) is 5.42. The molecule has 0 heterocycles. The van der Waals surface area contributed by atoms with Crippen molar-refractivity contribution in [3.8, 4) is 0 Å². The minimum Gasteiger partial charge on any atom is -0.293 e. The monoisotopic (exact) mass is 298 g/mol. The Bertz CT molecular complexity index is 692. The van der Waals surface area contributed by atoms with Crippen LogP contribution in [0.5, 0.6) is 0 Å². The molecule has 0 aromatic heterocycles. The fourth-order valence-electron chi connectivity index (χ4n) is 3.14. The van der Waals surface area contributed by atoms with Gasteiger partial charge in [0.15, 0.2) is 5.78 Å². The van der Waals surface area contributed by atoms with Crippen molar-refractivity contribution in [1.29, 1.82) is 0 Å². The predicted molar refractivity (Wildman–Crippen MR) is 94.4 cm³/mol. The predicted octanol–water partition coefficient (Wildman–Crippen LogP) is 4.78. The molecule has 112 valence electrons. The van der Waals surface area contributed by atoms with Gasteiger partial charge >= 0.3 is 0 Å². The van der Waals surface area contributed by atoms with E-state index < -0.39 is 5.41 Å². The lowest BCUT2D eigenvalue weighted by Gasteiger charge is -2.33. The summed E-state index contributed by atoms with van der Waals surface area (Å²) in [5.74, 6) is -0.0268. The standard InChI is InChI=1S/C22H18O/c1-2-21(23)22(18-12-6-3-7-13-18,19-14-8-4-9-15-19)20-16-10-5-11-17-20/h2-17H,1H2. The SMILES string of the molecule is C=CC(=O)C(c1ccccc1)(c1ccccc1)c1ccccc1. The molecule has 0 radical (unpaired) electrons. The van der Waals surface area contributed by atoms with Crippen molar-refractivity contribution in [2.75, 3.05) is 0 Å². The summed E-state index contributed by atoms with van der Waals surface area (Å²) in [6.45, 7) is 3.75. The maximum Gasteiger partial charge on any atom is 0.174 e. The van der Waals surface area contributed by atoms with Crippen LogP contribution in [0.15, 0.2) is 104 Å². The van der Waals surface area contributed by atoms with E-state index in [0.29, 0.717) is 0 Å². The lowest BCUT2D eigenvalue weighted by molar-refractivity contribution is -0.117. The highest BCUT2D eigenvalue weighted by atomic mass is 16.1. The third-order valence-electron chi connectivity index (χ3n) is 4.18. The van der Waals surface area contributed by atoms with Crippen LogP contribution in [0.1, 0.15) is 16.7 Å². The third-order valence-corrected chi connectivity index (χ3v) is 4.18. The van der Waals surface area contributed by atoms with Crippen LogP contribution in [0, 0.1) is 0 Å². The van der Waals surface area contributed by atoms with E-state index >= 15 is 0 Å². The molecule has 0 unspecified atom stereocenters. The molecule has 3 aromatic rings. The molecule has 1 nitrogen and oxygen atoms in total. The van der Waals surface area contributed by atoms with Gasteiger partial charge in [-0.3, -0.25) is 4.79 Å². The summed E-state index contributed by atoms with van der Waals surface area (Å²) in [6.07, 6.45) is 1.42. The van der Waals surface area contributed by atoms with E-state index in [-0.39, 0.29) is 5.78 Å². The van der Waals surface area contributed by atoms with Crippen molar-refractivity contribution in [2.45, 2.75) is 5.41 Å². The number of ketones is 1. The van der Waals surface area contributed by atoms with Gasteiger partial charge in [-0.05, 0) is 22.8 Å². The summed E-state index contributed by atoms with van der Waals surface area (Å²) in [7, 11) is 0. The molecule has 23 heavy (non-hydrogen) atoms. The summed E-state index contributed by atoms with van der Waals surface area (Å²) < 4.78 is 0. The van der Waals surface area contributed by atoms with Crippen LogP contribution >= 0.6 is 0 Å². The van der Waals surface area contributed by atoms with Gasteiger partial charge in [-0.25, -0.2) is 0 Å². The number of hydrogen-bond donors (Lipinski definition) is 0. The quantitative estimate of drug-likeness (QED) is 0.489. The number of allylic oxidation sites excluding steroid dienone is 1. The normalized spacial score (nSPS) is 11.0. The number of benzene rings is 3. The zero-order chi connectivity index (χ0) is 16.1. The third kappa shape index (κ3) is 2.51. The van der Waals surface area contributed by atoms with E-state index in [4.69, 9.17) is 0 Å². The second-order valence-electron chi connectivity index (χ2n) is 5.42. The van der Waals surface area contributed by atoms with Crippen molar-refractivity contribution >= 4 is 5.78 Å². The average Bonchev–Trinajstić information content (AvgIpc) is 2.65. The smallest absolute Gasteiger partial charge is 0.174 e. The lowest BCUT2D eigenvalue weighted by atomic mass is 9.66. The van der Waals surface area contributed by atoms with Crippen molar-refractivity contribution in [3.05, 3.63) is 120 Å². The van der Waals surface area contributed by atoms with E-state index in [0.717, 1.165) is 16.7 Å². The first-order valence-corrected chi connectivity index (χ1v) is 7.63. The molecule has 3 aromatic carbocycles. The fraction of sp³-hybridized carbons (Fsp3) is 0.0455. The van der Waals surface area contributed by atoms with Gasteiger partial charge in [-0.2, -0.15) is 0 Å². The van der Waals surface area contributed by atoms with Gasteiger partial charge in [0.1, 0.15) is 5.41 Å². The number of carbonyl (C=O) groups excluding carboxylic acids is 1. The molecule has 1 heteroatoms. The Labute approximate surface area is 136 Å². The van der Waals surface area contributed by atoms with Gasteiger partial charge in [0.2, 0.25) is 0 Å². The molecule has 3 rings (SSSR count). The topological polar surface area (TPSA) is 17.1 Å². The minimum atomic E-state index is -0.870. The molecular formula is C22H18O. The van der Waals surface area contributed by atoms with Crippen molar-refractivity contribution < 1.29 is 4.79 Å². The zero-order valence-corrected chi connectivity index (χ0v) is 12.9. The Morgan fingerprint density at radius 1 is 0.652 bits per heavy atom. The highest BCUT2D eigenvalue weighted by Gasteiger charge is 2.41. The van der Waals surface area contributed by atoms with Crippen LogP contribution < -0.4 is 0 Å². The molecular weight excluding hydrogens is 280 g/mol. The van der Waals surface area contributed by atoms with Crippen LogP contribution in [-0.4, -0.2) is 5.78 Å². The highest BCUT2D eigenvalue weighted by molar-refractivity contribution is 6.04. The average molecular weight is 298 g/mol. The van der Waals surface area contributed by atoms with E-state index in [1.165, 1.54) is 6.08 Å². The Morgan fingerprint density at radius 3 is 1.22 bits per heavy atom. The summed E-state index contributed by atoms with van der Waals surface area (Å²) in [5, 5.41) is 0. The maximum absolute atomic E-state index is 13.1. The molecule has 0 bridgehead atoms. The maximum atomic E-state index is 13.1. The minimum absolute atomic E-state index is 0.0268. The molecule has 0 amide bonds. The van der Waals surface area contributed by atoms with Crippen LogP contribution in [-0.2, 0) is 10.2 Å². The Kier molecular flexibility index (Phi) is 4.20. The fourth-order valence-corrected chi connectivity index (χ4v) is 3.14. The summed E-state index contributed by atoms with van der Waals surface area (Å²) in [4.78, 5) is 13.1. The summed E-state index contributed by atoms with van der Waals surface area (Å²) >= 11 is 0. The van der Waals surface area contributed by atoms with Crippen molar-refractivity contribution in [1.82, 2.24) is 0 Å². The first-order valence-electron chi connectivity index (χ1n) is 7.63. The van der Waals surface area contributed by atoms with Gasteiger partial charge in [0, 0.05) is 0 Å². The first kappa shape index (κ1) is 15.0. The highest BCUT2D eigenvalue weighted by Crippen LogP contribution is 2.40. The van der Waals surface area contributed by atoms with E-state index in [1.807, 2.05) is 91.0 Å². The first-order chi connectivity index (χ1) is 11.3. The molecule has 0 atom stereocenters. The largest absolute Gasteiger partial charge is 0.293 e. The van der Waals surface area contributed by atoms with Gasteiger partial charge in [0.05, 0.1) is 0 Å². The van der Waals surface area contributed by atoms with Crippen LogP contribution in [0.3, 0.4) is 0 Å². The summed E-state index contributed by atoms with van der Waals surface area (Å²) in [5.41, 5.74) is 1.97. The van der Waals surface area contributed by atoms with Gasteiger partial charge in [-0.15, -0.1) is 0 Å². The van der Waals surface area contributed by atoms with Crippen molar-refractivity contribution in [3.63, 3.8) is 0 Å². The van der Waals surface area contributed by atoms with Crippen LogP contribution in [0.4, 0.5) is 0 Å². The van der Waals surface area contributed by atoms with Gasteiger partial charge < -0.3 is 0 Å². The van der Waals surface area contributed by atoms with E-state index in [2.05, 4.69) is 6.58 Å². The van der Waals surface area contributed by atoms with Gasteiger partial charge in [-0.1, -0.05) is 97.6 Å². The van der Waals surface area contributed by atoms with E-state index in [1.54, 1.807) is 0 Å². The Morgan fingerprint density at radius 2 is 0.957 bits per heavy atom. The molecule has 0 spiro atoms. The van der Waals surface area contributed by atoms with Gasteiger partial charge in [0.25, 0.3) is 0 Å². The lowest BCUT2D eigenvalue weighted by Crippen LogP contribution is -2.37. The molecule has 0 fully saturated rings. The number of hydrogen-bond acceptors (Lipinski definition) is 1. The van der Waals surface area contributed by atoms with Crippen LogP contribution in [0.2, 0.25) is 0 Å². The molecule has 0 saturated carbocycles. The molecule has 0 N–H and O–H groups in total. The second kappa shape index (κ2) is 6.45. The molecule has 0 aliphatic heterocycles. The number of rotatable bonds is 5. The molecule has 0 saturated heterocycles. The molecule has 0 aliphatic carbocycles. The number of carbonyl (C=O) groups is 1. The van der Waals surface area contributed by atoms with E-state index in [9.17, 15) is 4.79 Å². The zero-order valence-electron chi connectivity index (χ0n) is 12.9. The van der Waals surface area contributed by atoms with Crippen LogP contribution in [0.25, 0.3) is 0 Å². The Balaban J connectivity index is 2.40. The van der Waals surface area contributed by atoms with Crippen molar-refractivity contribution in [2.24, 2.45) is 0 Å². The molecule has 0 aliphatic rings. The Hall–Kier alpha value is -2.93.